The molecule has 0 bridgehead atoms. The van der Waals surface area contributed by atoms with E-state index in [0.717, 1.165) is 64.2 Å². The lowest BCUT2D eigenvalue weighted by atomic mass is 9.98. The van der Waals surface area contributed by atoms with Gasteiger partial charge in [0.05, 0.1) is 18.4 Å². The number of ether oxygens (including phenoxy) is 5. The zero-order valence-electron chi connectivity index (χ0n) is 25.3. The summed E-state index contributed by atoms with van der Waals surface area (Å²) < 4.78 is 26.7. The molecule has 0 heterocycles. The lowest BCUT2D eigenvalue weighted by Gasteiger charge is -2.21. The van der Waals surface area contributed by atoms with E-state index < -0.39 is 29.8 Å². The molecule has 0 N–H and O–H groups in total. The molecule has 0 saturated heterocycles. The Hall–Kier alpha value is -4.73. The van der Waals surface area contributed by atoms with E-state index in [1.807, 2.05) is 0 Å². The number of benzene rings is 2. The highest BCUT2D eigenvalue weighted by Crippen LogP contribution is 2.24. The van der Waals surface area contributed by atoms with Crippen molar-refractivity contribution in [2.45, 2.75) is 89.3 Å². The Bertz CT molecular complexity index is 1390. The van der Waals surface area contributed by atoms with Crippen LogP contribution in [0.15, 0.2) is 72.8 Å². The Labute approximate surface area is 262 Å². The van der Waals surface area contributed by atoms with Gasteiger partial charge in [0.25, 0.3) is 0 Å². The number of carbonyl (C=O) groups is 5. The third-order valence-electron chi connectivity index (χ3n) is 7.54. The Morgan fingerprint density at radius 3 is 1.29 bits per heavy atom. The second-order valence-electron chi connectivity index (χ2n) is 11.2. The number of hydrogen-bond donors (Lipinski definition) is 0. The van der Waals surface area contributed by atoms with Gasteiger partial charge < -0.3 is 23.7 Å². The first-order valence-corrected chi connectivity index (χ1v) is 15.3. The van der Waals surface area contributed by atoms with Crippen LogP contribution in [0, 0.1) is 0 Å². The molecule has 0 aromatic heterocycles. The van der Waals surface area contributed by atoms with Crippen LogP contribution in [0.5, 0.6) is 17.2 Å². The van der Waals surface area contributed by atoms with Gasteiger partial charge in [-0.2, -0.15) is 0 Å². The molecule has 0 aliphatic heterocycles. The van der Waals surface area contributed by atoms with Crippen molar-refractivity contribution in [3.63, 3.8) is 0 Å². The van der Waals surface area contributed by atoms with Gasteiger partial charge >= 0.3 is 29.8 Å². The van der Waals surface area contributed by atoms with Crippen molar-refractivity contribution in [3.8, 4) is 17.2 Å². The van der Waals surface area contributed by atoms with E-state index in [-0.39, 0.29) is 59.0 Å². The third kappa shape index (κ3) is 10.7. The molecule has 10 nitrogen and oxygen atoms in total. The van der Waals surface area contributed by atoms with Gasteiger partial charge in [0.1, 0.15) is 29.5 Å². The highest BCUT2D eigenvalue weighted by molar-refractivity contribution is 5.95. The molecule has 2 aliphatic rings. The zero-order chi connectivity index (χ0) is 32.2. The van der Waals surface area contributed by atoms with E-state index in [2.05, 4.69) is 13.2 Å². The highest BCUT2D eigenvalue weighted by atomic mass is 16.6. The molecule has 10 heteroatoms. The van der Waals surface area contributed by atoms with Crippen molar-refractivity contribution in [1.29, 1.82) is 0 Å². The van der Waals surface area contributed by atoms with Crippen molar-refractivity contribution in [2.75, 3.05) is 0 Å². The summed E-state index contributed by atoms with van der Waals surface area (Å²) in [6.45, 7) is 7.28. The summed E-state index contributed by atoms with van der Waals surface area (Å²) in [6.07, 6.45) is 8.93. The normalized spacial score (nSPS) is 15.3. The Morgan fingerprint density at radius 1 is 0.533 bits per heavy atom. The smallest absolute Gasteiger partial charge is 0.343 e. The predicted octanol–water partition coefficient (Wildman–Crippen LogP) is 6.36. The highest BCUT2D eigenvalue weighted by Gasteiger charge is 2.22. The fourth-order valence-corrected chi connectivity index (χ4v) is 5.07. The van der Waals surface area contributed by atoms with E-state index in [9.17, 15) is 24.0 Å². The standard InChI is InChI=1S/C35H38O10/c1-23(21-31(36)41-26-9-5-3-6-10-26)33(38)43-28-15-13-25(14-16-28)35(40)45-30-19-17-29(18-20-30)44-34(39)24(2)22-32(37)42-27-11-7-4-8-12-27/h13-20,26-27H,1-12,21-22H2. The van der Waals surface area contributed by atoms with Crippen molar-refractivity contribution in [1.82, 2.24) is 0 Å². The average Bonchev–Trinajstić information content (AvgIpc) is 3.03. The number of hydrogen-bond acceptors (Lipinski definition) is 10. The van der Waals surface area contributed by atoms with Crippen LogP contribution in [0.3, 0.4) is 0 Å². The quantitative estimate of drug-likeness (QED) is 0.150. The fraction of sp³-hybridized carbons (Fsp3) is 0.400. The summed E-state index contributed by atoms with van der Waals surface area (Å²) in [5.41, 5.74) is 0.133. The zero-order valence-corrected chi connectivity index (χ0v) is 25.3. The first-order valence-electron chi connectivity index (χ1n) is 15.3. The first-order chi connectivity index (χ1) is 21.7. The van der Waals surface area contributed by atoms with Gasteiger partial charge in [0, 0.05) is 11.1 Å². The molecule has 2 aliphatic carbocycles. The maximum Gasteiger partial charge on any atom is 0.343 e. The third-order valence-corrected chi connectivity index (χ3v) is 7.54. The van der Waals surface area contributed by atoms with Crippen LogP contribution >= 0.6 is 0 Å². The molecule has 0 radical (unpaired) electrons. The molecular weight excluding hydrogens is 580 g/mol. The minimum absolute atomic E-state index is 0.0260. The molecule has 238 valence electrons. The lowest BCUT2D eigenvalue weighted by Crippen LogP contribution is -2.22. The maximum absolute atomic E-state index is 12.6. The molecule has 2 saturated carbocycles. The van der Waals surface area contributed by atoms with Crippen molar-refractivity contribution >= 4 is 29.8 Å². The molecule has 0 unspecified atom stereocenters. The molecule has 0 amide bonds. The Morgan fingerprint density at radius 2 is 0.889 bits per heavy atom. The molecule has 2 aromatic carbocycles. The van der Waals surface area contributed by atoms with Gasteiger partial charge in [-0.15, -0.1) is 0 Å². The molecule has 4 rings (SSSR count). The molecule has 2 fully saturated rings. The summed E-state index contributed by atoms with van der Waals surface area (Å²) in [5, 5.41) is 0. The van der Waals surface area contributed by atoms with Gasteiger partial charge in [-0.25, -0.2) is 14.4 Å². The first kappa shape index (κ1) is 33.2. The van der Waals surface area contributed by atoms with Crippen LogP contribution in [0.1, 0.15) is 87.4 Å². The second kappa shape index (κ2) is 16.4. The Balaban J connectivity index is 1.19. The summed E-state index contributed by atoms with van der Waals surface area (Å²) in [5.74, 6) is -2.68. The second-order valence-corrected chi connectivity index (χ2v) is 11.2. The van der Waals surface area contributed by atoms with Crippen molar-refractivity contribution in [3.05, 3.63) is 78.4 Å². The minimum Gasteiger partial charge on any atom is -0.462 e. The summed E-state index contributed by atoms with van der Waals surface area (Å²) in [4.78, 5) is 61.6. The van der Waals surface area contributed by atoms with E-state index >= 15 is 0 Å². The van der Waals surface area contributed by atoms with Gasteiger partial charge in [-0.1, -0.05) is 26.0 Å². The Kier molecular flexibility index (Phi) is 12.1. The predicted molar refractivity (Wildman–Crippen MR) is 163 cm³/mol. The van der Waals surface area contributed by atoms with Crippen LogP contribution in [0.25, 0.3) is 0 Å². The maximum atomic E-state index is 12.6. The van der Waals surface area contributed by atoms with E-state index in [1.54, 1.807) is 0 Å². The SMILES string of the molecule is C=C(CC(=O)OC1CCCCC1)C(=O)Oc1ccc(OC(=O)c2ccc(OC(=O)C(=C)CC(=O)OC3CCCCC3)cc2)cc1. The van der Waals surface area contributed by atoms with Crippen LogP contribution in [0.2, 0.25) is 0 Å². The van der Waals surface area contributed by atoms with E-state index in [0.29, 0.717) is 0 Å². The van der Waals surface area contributed by atoms with Crippen LogP contribution in [0.4, 0.5) is 0 Å². The van der Waals surface area contributed by atoms with Gasteiger partial charge in [0.2, 0.25) is 0 Å². The number of carbonyl (C=O) groups excluding carboxylic acids is 5. The van der Waals surface area contributed by atoms with Crippen LogP contribution in [-0.2, 0) is 28.7 Å². The summed E-state index contributed by atoms with van der Waals surface area (Å²) >= 11 is 0. The van der Waals surface area contributed by atoms with Crippen molar-refractivity contribution < 1.29 is 47.7 Å². The summed E-state index contributed by atoms with van der Waals surface area (Å²) in [6, 6.07) is 11.5. The average molecular weight is 619 g/mol. The molecule has 0 spiro atoms. The van der Waals surface area contributed by atoms with Gasteiger partial charge in [-0.3, -0.25) is 9.59 Å². The largest absolute Gasteiger partial charge is 0.462 e. The minimum atomic E-state index is -0.769. The van der Waals surface area contributed by atoms with Gasteiger partial charge in [0.15, 0.2) is 0 Å². The topological polar surface area (TPSA) is 132 Å². The van der Waals surface area contributed by atoms with Crippen molar-refractivity contribution in [2.24, 2.45) is 0 Å². The number of esters is 5. The molecule has 45 heavy (non-hydrogen) atoms. The van der Waals surface area contributed by atoms with Crippen LogP contribution in [-0.4, -0.2) is 42.1 Å². The monoisotopic (exact) mass is 618 g/mol. The van der Waals surface area contributed by atoms with E-state index in [4.69, 9.17) is 23.7 Å². The van der Waals surface area contributed by atoms with Crippen LogP contribution < -0.4 is 14.2 Å². The fourth-order valence-electron chi connectivity index (χ4n) is 5.07. The van der Waals surface area contributed by atoms with E-state index in [1.165, 1.54) is 48.5 Å². The van der Waals surface area contributed by atoms with Gasteiger partial charge in [-0.05, 0) is 99.9 Å². The number of rotatable bonds is 12. The summed E-state index contributed by atoms with van der Waals surface area (Å²) in [7, 11) is 0. The molecular formula is C35H38O10. The molecule has 0 atom stereocenters. The molecule has 2 aromatic rings. The lowest BCUT2D eigenvalue weighted by molar-refractivity contribution is -0.151.